The van der Waals surface area contributed by atoms with Gasteiger partial charge in [0, 0.05) is 18.8 Å². The predicted octanol–water partition coefficient (Wildman–Crippen LogP) is 2.22. The second-order valence-electron chi connectivity index (χ2n) is 4.65. The maximum atomic E-state index is 12.2. The summed E-state index contributed by atoms with van der Waals surface area (Å²) in [6.45, 7) is 3.99. The summed E-state index contributed by atoms with van der Waals surface area (Å²) in [5, 5.41) is 0. The van der Waals surface area contributed by atoms with Gasteiger partial charge in [-0.3, -0.25) is 0 Å². The number of hydrogen-bond acceptors (Lipinski definition) is 3. The van der Waals surface area contributed by atoms with E-state index in [0.29, 0.717) is 5.69 Å². The zero-order valence-corrected chi connectivity index (χ0v) is 12.1. The molecule has 18 heavy (non-hydrogen) atoms. The highest BCUT2D eigenvalue weighted by Crippen LogP contribution is 2.15. The minimum Gasteiger partial charge on any atom is -0.399 e. The van der Waals surface area contributed by atoms with Gasteiger partial charge in [-0.05, 0) is 31.0 Å². The molecule has 0 fully saturated rings. The molecule has 102 valence electrons. The van der Waals surface area contributed by atoms with Crippen molar-refractivity contribution in [2.75, 3.05) is 12.8 Å². The Hall–Kier alpha value is -1.07. The van der Waals surface area contributed by atoms with E-state index in [1.807, 2.05) is 6.92 Å². The summed E-state index contributed by atoms with van der Waals surface area (Å²) in [6, 6.07) is 6.99. The van der Waals surface area contributed by atoms with Gasteiger partial charge < -0.3 is 5.73 Å². The lowest BCUT2D eigenvalue weighted by Gasteiger charge is -2.24. The number of hydrogen-bond donors (Lipinski definition) is 1. The van der Waals surface area contributed by atoms with Crippen molar-refractivity contribution < 1.29 is 8.42 Å². The molecule has 0 spiro atoms. The normalized spacial score (nSPS) is 13.8. The summed E-state index contributed by atoms with van der Waals surface area (Å²) in [5.74, 6) is 0.0256. The van der Waals surface area contributed by atoms with Crippen molar-refractivity contribution >= 4 is 15.7 Å². The molecule has 0 amide bonds. The van der Waals surface area contributed by atoms with E-state index < -0.39 is 10.0 Å². The Morgan fingerprint density at radius 1 is 1.28 bits per heavy atom. The third-order valence-electron chi connectivity index (χ3n) is 3.09. The minimum atomic E-state index is -3.26. The summed E-state index contributed by atoms with van der Waals surface area (Å²) in [7, 11) is -1.61. The number of nitrogens with two attached hydrogens (primary N) is 1. The van der Waals surface area contributed by atoms with Crippen LogP contribution in [0, 0.1) is 0 Å². The van der Waals surface area contributed by atoms with E-state index in [9.17, 15) is 8.42 Å². The minimum absolute atomic E-state index is 0.0256. The highest BCUT2D eigenvalue weighted by atomic mass is 32.2. The monoisotopic (exact) mass is 270 g/mol. The van der Waals surface area contributed by atoms with E-state index in [1.165, 1.54) is 4.31 Å². The molecule has 1 unspecified atom stereocenters. The maximum absolute atomic E-state index is 12.2. The molecule has 1 aromatic carbocycles. The lowest BCUT2D eigenvalue weighted by atomic mass is 10.2. The van der Waals surface area contributed by atoms with Gasteiger partial charge in [0.05, 0.1) is 5.75 Å². The van der Waals surface area contributed by atoms with Crippen molar-refractivity contribution in [3.05, 3.63) is 29.8 Å². The van der Waals surface area contributed by atoms with Crippen LogP contribution in [0.3, 0.4) is 0 Å². The Bertz CT molecular complexity index is 468. The number of anilines is 1. The Morgan fingerprint density at radius 3 is 2.33 bits per heavy atom. The first-order chi connectivity index (χ1) is 8.36. The van der Waals surface area contributed by atoms with E-state index >= 15 is 0 Å². The summed E-state index contributed by atoms with van der Waals surface area (Å²) in [5.41, 5.74) is 6.98. The quantitative estimate of drug-likeness (QED) is 0.806. The van der Waals surface area contributed by atoms with Gasteiger partial charge in [-0.15, -0.1) is 0 Å². The van der Waals surface area contributed by atoms with Crippen LogP contribution in [-0.4, -0.2) is 25.8 Å². The van der Waals surface area contributed by atoms with E-state index in [4.69, 9.17) is 5.73 Å². The van der Waals surface area contributed by atoms with Crippen molar-refractivity contribution in [1.82, 2.24) is 4.31 Å². The molecule has 1 atom stereocenters. The zero-order chi connectivity index (χ0) is 13.8. The van der Waals surface area contributed by atoms with Crippen LogP contribution in [-0.2, 0) is 15.8 Å². The lowest BCUT2D eigenvalue weighted by molar-refractivity contribution is 0.368. The van der Waals surface area contributed by atoms with Crippen molar-refractivity contribution in [1.29, 1.82) is 0 Å². The SMILES string of the molecule is CCCC(C)N(C)S(=O)(=O)Cc1ccc(N)cc1. The van der Waals surface area contributed by atoms with Gasteiger partial charge in [0.25, 0.3) is 0 Å². The van der Waals surface area contributed by atoms with Gasteiger partial charge in [-0.25, -0.2) is 12.7 Å². The number of nitrogen functional groups attached to an aromatic ring is 1. The fourth-order valence-corrected chi connectivity index (χ4v) is 3.27. The van der Waals surface area contributed by atoms with Crippen LogP contribution in [0.1, 0.15) is 32.3 Å². The van der Waals surface area contributed by atoms with E-state index in [2.05, 4.69) is 6.92 Å². The molecule has 0 saturated carbocycles. The van der Waals surface area contributed by atoms with Gasteiger partial charge in [0.15, 0.2) is 0 Å². The fourth-order valence-electron chi connectivity index (χ4n) is 1.80. The smallest absolute Gasteiger partial charge is 0.218 e. The van der Waals surface area contributed by atoms with Gasteiger partial charge in [0.2, 0.25) is 10.0 Å². The highest BCUT2D eigenvalue weighted by Gasteiger charge is 2.22. The maximum Gasteiger partial charge on any atom is 0.218 e. The third kappa shape index (κ3) is 3.99. The van der Waals surface area contributed by atoms with E-state index in [-0.39, 0.29) is 11.8 Å². The molecule has 0 radical (unpaired) electrons. The van der Waals surface area contributed by atoms with Crippen molar-refractivity contribution in [3.63, 3.8) is 0 Å². The first-order valence-corrected chi connectivity index (χ1v) is 7.78. The number of sulfonamides is 1. The first kappa shape index (κ1) is 15.0. The van der Waals surface area contributed by atoms with Gasteiger partial charge >= 0.3 is 0 Å². The van der Waals surface area contributed by atoms with Gasteiger partial charge in [-0.2, -0.15) is 0 Å². The molecule has 0 saturated heterocycles. The zero-order valence-electron chi connectivity index (χ0n) is 11.3. The summed E-state index contributed by atoms with van der Waals surface area (Å²) < 4.78 is 25.9. The highest BCUT2D eigenvalue weighted by molar-refractivity contribution is 7.88. The molecule has 0 aliphatic rings. The average Bonchev–Trinajstić information content (AvgIpc) is 2.31. The molecule has 1 rings (SSSR count). The summed E-state index contributed by atoms with van der Waals surface area (Å²) >= 11 is 0. The Balaban J connectivity index is 2.78. The molecule has 1 aromatic rings. The van der Waals surface area contributed by atoms with Crippen LogP contribution in [0.5, 0.6) is 0 Å². The molecule has 5 heteroatoms. The molecule has 4 nitrogen and oxygen atoms in total. The molecule has 0 heterocycles. The average molecular weight is 270 g/mol. The van der Waals surface area contributed by atoms with Crippen LogP contribution >= 0.6 is 0 Å². The predicted molar refractivity (Wildman–Crippen MR) is 75.6 cm³/mol. The van der Waals surface area contributed by atoms with Crippen molar-refractivity contribution in [2.45, 2.75) is 38.5 Å². The molecule has 0 aliphatic carbocycles. The first-order valence-electron chi connectivity index (χ1n) is 6.17. The second-order valence-corrected chi connectivity index (χ2v) is 6.68. The number of benzene rings is 1. The molecule has 0 aliphatic heterocycles. The number of rotatable bonds is 6. The second kappa shape index (κ2) is 6.20. The molecular weight excluding hydrogens is 248 g/mol. The van der Waals surface area contributed by atoms with Crippen LogP contribution in [0.15, 0.2) is 24.3 Å². The van der Waals surface area contributed by atoms with E-state index in [0.717, 1.165) is 18.4 Å². The molecular formula is C13H22N2O2S. The molecule has 2 N–H and O–H groups in total. The standard InChI is InChI=1S/C13H22N2O2S/c1-4-5-11(2)15(3)18(16,17)10-12-6-8-13(14)9-7-12/h6-9,11H,4-5,10,14H2,1-3H3. The Kier molecular flexibility index (Phi) is 5.16. The third-order valence-corrected chi connectivity index (χ3v) is 5.03. The molecule has 0 bridgehead atoms. The van der Waals surface area contributed by atoms with Gasteiger partial charge in [-0.1, -0.05) is 25.5 Å². The van der Waals surface area contributed by atoms with Crippen LogP contribution in [0.4, 0.5) is 5.69 Å². The van der Waals surface area contributed by atoms with Crippen molar-refractivity contribution in [2.24, 2.45) is 0 Å². The van der Waals surface area contributed by atoms with Crippen molar-refractivity contribution in [3.8, 4) is 0 Å². The summed E-state index contributed by atoms with van der Waals surface area (Å²) in [4.78, 5) is 0. The van der Waals surface area contributed by atoms with Crippen LogP contribution in [0.25, 0.3) is 0 Å². The van der Waals surface area contributed by atoms with Gasteiger partial charge in [0.1, 0.15) is 0 Å². The van der Waals surface area contributed by atoms with Crippen LogP contribution in [0.2, 0.25) is 0 Å². The fraction of sp³-hybridized carbons (Fsp3) is 0.538. The number of nitrogens with zero attached hydrogens (tertiary/aromatic N) is 1. The lowest BCUT2D eigenvalue weighted by Crippen LogP contribution is -2.35. The summed E-state index contributed by atoms with van der Waals surface area (Å²) in [6.07, 6.45) is 1.85. The topological polar surface area (TPSA) is 63.4 Å². The Labute approximate surface area is 110 Å². The van der Waals surface area contributed by atoms with E-state index in [1.54, 1.807) is 31.3 Å². The Morgan fingerprint density at radius 2 is 1.83 bits per heavy atom. The largest absolute Gasteiger partial charge is 0.399 e. The van der Waals surface area contributed by atoms with Crippen LogP contribution < -0.4 is 5.73 Å². The molecule has 0 aromatic heterocycles.